The molecule has 0 spiro atoms. The number of nitro groups is 1. The van der Waals surface area contributed by atoms with Crippen LogP contribution in [0.1, 0.15) is 45.0 Å². The normalized spacial score (nSPS) is 13.0. The summed E-state index contributed by atoms with van der Waals surface area (Å²) in [6.07, 6.45) is 5.51. The lowest BCUT2D eigenvalue weighted by Gasteiger charge is -2.12. The molecule has 0 saturated carbocycles. The molecular formula is C27H22ClN3O4S. The van der Waals surface area contributed by atoms with Crippen LogP contribution in [0.3, 0.4) is 0 Å². The molecule has 0 atom stereocenters. The van der Waals surface area contributed by atoms with Gasteiger partial charge in [-0.25, -0.2) is 4.99 Å². The van der Waals surface area contributed by atoms with E-state index in [0.717, 1.165) is 36.8 Å². The first-order valence-electron chi connectivity index (χ1n) is 11.5. The van der Waals surface area contributed by atoms with Gasteiger partial charge in [0, 0.05) is 22.5 Å². The molecule has 0 radical (unpaired) electrons. The molecule has 0 bridgehead atoms. The number of aryl methyl sites for hydroxylation is 1. The molecule has 1 amide bonds. The van der Waals surface area contributed by atoms with Crippen molar-refractivity contribution < 1.29 is 14.1 Å². The molecule has 2 heterocycles. The summed E-state index contributed by atoms with van der Waals surface area (Å²) in [6.45, 7) is 0.439. The maximum atomic E-state index is 13.2. The Labute approximate surface area is 216 Å². The van der Waals surface area contributed by atoms with Crippen LogP contribution in [-0.2, 0) is 19.4 Å². The standard InChI is InChI=1S/C27H22ClN3O4S/c28-18-10-12-20(22(14-18)31(33)34)23-13-11-19(35-23)16-30-27-25(21-8-4-5-9-24(21)36-27)26(32)29-15-17-6-2-1-3-7-17/h1-3,6-7,10-14,16H,4-5,8-9,15H2,(H,29,32). The highest BCUT2D eigenvalue weighted by atomic mass is 35.5. The van der Waals surface area contributed by atoms with E-state index in [1.165, 1.54) is 22.3 Å². The van der Waals surface area contributed by atoms with Crippen molar-refractivity contribution in [1.29, 1.82) is 0 Å². The van der Waals surface area contributed by atoms with Crippen LogP contribution in [0.2, 0.25) is 5.02 Å². The third-order valence-electron chi connectivity index (χ3n) is 6.03. The fourth-order valence-electron chi connectivity index (χ4n) is 4.30. The van der Waals surface area contributed by atoms with Gasteiger partial charge >= 0.3 is 0 Å². The molecule has 7 nitrogen and oxygen atoms in total. The number of amides is 1. The number of hydrogen-bond acceptors (Lipinski definition) is 6. The third kappa shape index (κ3) is 5.10. The minimum Gasteiger partial charge on any atom is -0.455 e. The van der Waals surface area contributed by atoms with Crippen LogP contribution in [0, 0.1) is 10.1 Å². The van der Waals surface area contributed by atoms with Gasteiger partial charge in [0.05, 0.1) is 22.3 Å². The Bertz CT molecular complexity index is 1460. The molecule has 4 aromatic rings. The average Bonchev–Trinajstić information content (AvgIpc) is 3.51. The van der Waals surface area contributed by atoms with E-state index in [4.69, 9.17) is 16.0 Å². The number of nitro benzene ring substituents is 1. The van der Waals surface area contributed by atoms with Crippen molar-refractivity contribution in [1.82, 2.24) is 5.32 Å². The molecule has 2 aromatic carbocycles. The number of nitrogens with one attached hydrogen (secondary N) is 1. The molecule has 1 aliphatic carbocycles. The Balaban J connectivity index is 1.41. The number of fused-ring (bicyclic) bond motifs is 1. The van der Waals surface area contributed by atoms with Crippen molar-refractivity contribution in [2.75, 3.05) is 0 Å². The molecule has 0 unspecified atom stereocenters. The van der Waals surface area contributed by atoms with Gasteiger partial charge in [0.25, 0.3) is 11.6 Å². The number of carbonyl (C=O) groups is 1. The number of aliphatic imine (C=N–C) groups is 1. The quantitative estimate of drug-likeness (QED) is 0.159. The van der Waals surface area contributed by atoms with Crippen LogP contribution in [0.15, 0.2) is 70.1 Å². The van der Waals surface area contributed by atoms with Crippen molar-refractivity contribution in [2.24, 2.45) is 4.99 Å². The Morgan fingerprint density at radius 2 is 1.94 bits per heavy atom. The number of hydrogen-bond donors (Lipinski definition) is 1. The number of furan rings is 1. The molecule has 0 aliphatic heterocycles. The first-order valence-corrected chi connectivity index (χ1v) is 12.7. The largest absolute Gasteiger partial charge is 0.455 e. The van der Waals surface area contributed by atoms with Crippen molar-refractivity contribution in [2.45, 2.75) is 32.2 Å². The Hall–Kier alpha value is -3.75. The summed E-state index contributed by atoms with van der Waals surface area (Å²) in [7, 11) is 0. The lowest BCUT2D eigenvalue weighted by atomic mass is 9.95. The van der Waals surface area contributed by atoms with Gasteiger partial charge < -0.3 is 9.73 Å². The summed E-state index contributed by atoms with van der Waals surface area (Å²) >= 11 is 7.46. The maximum absolute atomic E-state index is 13.2. The Morgan fingerprint density at radius 3 is 2.75 bits per heavy atom. The van der Waals surface area contributed by atoms with Gasteiger partial charge in [0.1, 0.15) is 16.5 Å². The number of carbonyl (C=O) groups excluding carboxylic acids is 1. The summed E-state index contributed by atoms with van der Waals surface area (Å²) in [6, 6.07) is 17.6. The van der Waals surface area contributed by atoms with E-state index in [-0.39, 0.29) is 16.6 Å². The second-order valence-electron chi connectivity index (χ2n) is 8.44. The highest BCUT2D eigenvalue weighted by Crippen LogP contribution is 2.40. The zero-order chi connectivity index (χ0) is 25.1. The van der Waals surface area contributed by atoms with Gasteiger partial charge in [-0.3, -0.25) is 14.9 Å². The molecule has 5 rings (SSSR count). The molecular weight excluding hydrogens is 498 g/mol. The van der Waals surface area contributed by atoms with Crippen LogP contribution < -0.4 is 5.32 Å². The molecule has 1 N–H and O–H groups in total. The predicted octanol–water partition coefficient (Wildman–Crippen LogP) is 7.13. The summed E-state index contributed by atoms with van der Waals surface area (Å²) in [4.78, 5) is 30.0. The molecule has 9 heteroatoms. The molecule has 36 heavy (non-hydrogen) atoms. The highest BCUT2D eigenvalue weighted by Gasteiger charge is 2.25. The summed E-state index contributed by atoms with van der Waals surface area (Å²) in [5.74, 6) is 0.629. The zero-order valence-corrected chi connectivity index (χ0v) is 20.8. The van der Waals surface area contributed by atoms with E-state index in [9.17, 15) is 14.9 Å². The van der Waals surface area contributed by atoms with E-state index in [2.05, 4.69) is 10.3 Å². The second kappa shape index (κ2) is 10.5. The molecule has 182 valence electrons. The van der Waals surface area contributed by atoms with E-state index < -0.39 is 4.92 Å². The smallest absolute Gasteiger partial charge is 0.281 e. The van der Waals surface area contributed by atoms with Crippen LogP contribution in [0.25, 0.3) is 11.3 Å². The van der Waals surface area contributed by atoms with Crippen LogP contribution >= 0.6 is 22.9 Å². The second-order valence-corrected chi connectivity index (χ2v) is 9.96. The van der Waals surface area contributed by atoms with E-state index in [0.29, 0.717) is 34.2 Å². The highest BCUT2D eigenvalue weighted by molar-refractivity contribution is 7.16. The number of benzene rings is 2. The van der Waals surface area contributed by atoms with E-state index in [1.54, 1.807) is 30.5 Å². The fourth-order valence-corrected chi connectivity index (χ4v) is 5.69. The lowest BCUT2D eigenvalue weighted by molar-refractivity contribution is -0.384. The number of nitrogens with zero attached hydrogens (tertiary/aromatic N) is 2. The van der Waals surface area contributed by atoms with Gasteiger partial charge in [-0.15, -0.1) is 11.3 Å². The fraction of sp³-hybridized carbons (Fsp3) is 0.185. The van der Waals surface area contributed by atoms with Crippen LogP contribution in [-0.4, -0.2) is 17.0 Å². The van der Waals surface area contributed by atoms with Gasteiger partial charge in [0.2, 0.25) is 0 Å². The molecule has 0 saturated heterocycles. The molecule has 1 aliphatic rings. The van der Waals surface area contributed by atoms with Crippen molar-refractivity contribution >= 4 is 45.7 Å². The Morgan fingerprint density at radius 1 is 1.14 bits per heavy atom. The van der Waals surface area contributed by atoms with Gasteiger partial charge in [0.15, 0.2) is 0 Å². The maximum Gasteiger partial charge on any atom is 0.281 e. The van der Waals surface area contributed by atoms with Crippen LogP contribution in [0.5, 0.6) is 0 Å². The van der Waals surface area contributed by atoms with Crippen molar-refractivity contribution in [3.05, 3.63) is 103 Å². The van der Waals surface area contributed by atoms with Crippen molar-refractivity contribution in [3.63, 3.8) is 0 Å². The monoisotopic (exact) mass is 519 g/mol. The van der Waals surface area contributed by atoms with Crippen LogP contribution in [0.4, 0.5) is 10.7 Å². The summed E-state index contributed by atoms with van der Waals surface area (Å²) < 4.78 is 5.84. The number of rotatable bonds is 7. The lowest BCUT2D eigenvalue weighted by Crippen LogP contribution is -2.24. The summed E-state index contributed by atoms with van der Waals surface area (Å²) in [5.41, 5.74) is 2.93. The Kier molecular flexibility index (Phi) is 6.97. The van der Waals surface area contributed by atoms with E-state index in [1.807, 2.05) is 30.3 Å². The molecule has 2 aromatic heterocycles. The SMILES string of the molecule is O=C(NCc1ccccc1)c1c(N=Cc2ccc(-c3ccc(Cl)cc3[N+](=O)[O-])o2)sc2c1CCCC2. The predicted molar refractivity (Wildman–Crippen MR) is 142 cm³/mol. The third-order valence-corrected chi connectivity index (χ3v) is 7.47. The summed E-state index contributed by atoms with van der Waals surface area (Å²) in [5, 5.41) is 15.4. The molecule has 0 fully saturated rings. The first kappa shape index (κ1) is 24.0. The van der Waals surface area contributed by atoms with Gasteiger partial charge in [-0.1, -0.05) is 41.9 Å². The zero-order valence-electron chi connectivity index (χ0n) is 19.2. The van der Waals surface area contributed by atoms with Gasteiger partial charge in [-0.05, 0) is 61.1 Å². The number of thiophene rings is 1. The van der Waals surface area contributed by atoms with Crippen molar-refractivity contribution in [3.8, 4) is 11.3 Å². The van der Waals surface area contributed by atoms with Gasteiger partial charge in [-0.2, -0.15) is 0 Å². The minimum absolute atomic E-state index is 0.136. The average molecular weight is 520 g/mol. The minimum atomic E-state index is -0.492. The van der Waals surface area contributed by atoms with E-state index >= 15 is 0 Å². The topological polar surface area (TPSA) is 97.7 Å². The first-order chi connectivity index (χ1) is 17.5. The number of halogens is 1.